The maximum atomic E-state index is 12.6. The van der Waals surface area contributed by atoms with E-state index in [0.717, 1.165) is 12.8 Å². The lowest BCUT2D eigenvalue weighted by Crippen LogP contribution is -2.41. The van der Waals surface area contributed by atoms with Crippen molar-refractivity contribution in [3.05, 3.63) is 22.7 Å². The third-order valence-corrected chi connectivity index (χ3v) is 6.06. The van der Waals surface area contributed by atoms with Crippen LogP contribution < -0.4 is 10.5 Å². The van der Waals surface area contributed by atoms with E-state index in [4.69, 9.17) is 10.5 Å². The van der Waals surface area contributed by atoms with E-state index in [0.29, 0.717) is 29.9 Å². The van der Waals surface area contributed by atoms with E-state index < -0.39 is 10.0 Å². The molecule has 0 aromatic heterocycles. The lowest BCUT2D eigenvalue weighted by atomic mass is 10.0. The monoisotopic (exact) mass is 362 g/mol. The van der Waals surface area contributed by atoms with Crippen LogP contribution in [0.3, 0.4) is 0 Å². The largest absolute Gasteiger partial charge is 0.496 e. The fourth-order valence-corrected chi connectivity index (χ4v) is 4.67. The van der Waals surface area contributed by atoms with Gasteiger partial charge in [-0.2, -0.15) is 4.31 Å². The number of hydrogen-bond donors (Lipinski definition) is 1. The Morgan fingerprint density at radius 1 is 1.50 bits per heavy atom. The summed E-state index contributed by atoms with van der Waals surface area (Å²) in [5.41, 5.74) is 5.66. The second-order valence-electron chi connectivity index (χ2n) is 4.90. The lowest BCUT2D eigenvalue weighted by Gasteiger charge is -2.31. The van der Waals surface area contributed by atoms with Gasteiger partial charge >= 0.3 is 0 Å². The number of rotatable bonds is 4. The van der Waals surface area contributed by atoms with E-state index in [1.807, 2.05) is 0 Å². The summed E-state index contributed by atoms with van der Waals surface area (Å²) in [6.45, 7) is 1.59. The van der Waals surface area contributed by atoms with Crippen LogP contribution in [-0.2, 0) is 10.0 Å². The van der Waals surface area contributed by atoms with Gasteiger partial charge in [0.15, 0.2) is 0 Å². The Labute approximate surface area is 128 Å². The van der Waals surface area contributed by atoms with Crippen LogP contribution in [0.1, 0.15) is 12.8 Å². The molecule has 1 fully saturated rings. The molecule has 1 aromatic carbocycles. The van der Waals surface area contributed by atoms with Crippen molar-refractivity contribution in [2.75, 3.05) is 26.7 Å². The first kappa shape index (κ1) is 15.8. The van der Waals surface area contributed by atoms with Crippen LogP contribution in [0, 0.1) is 5.92 Å². The lowest BCUT2D eigenvalue weighted by molar-refractivity contribution is 0.271. The van der Waals surface area contributed by atoms with E-state index in [2.05, 4.69) is 15.9 Å². The molecular weight excluding hydrogens is 344 g/mol. The zero-order valence-electron chi connectivity index (χ0n) is 11.4. The van der Waals surface area contributed by atoms with Crippen molar-refractivity contribution in [1.29, 1.82) is 0 Å². The van der Waals surface area contributed by atoms with Gasteiger partial charge < -0.3 is 10.5 Å². The average Bonchev–Trinajstić information content (AvgIpc) is 2.47. The maximum Gasteiger partial charge on any atom is 0.243 e. The molecule has 0 bridgehead atoms. The number of nitrogens with zero attached hydrogens (tertiary/aromatic N) is 1. The second kappa shape index (κ2) is 6.43. The summed E-state index contributed by atoms with van der Waals surface area (Å²) < 4.78 is 32.5. The Morgan fingerprint density at radius 2 is 2.25 bits per heavy atom. The molecular formula is C13H19BrN2O3S. The van der Waals surface area contributed by atoms with Crippen LogP contribution in [0.5, 0.6) is 5.75 Å². The van der Waals surface area contributed by atoms with Gasteiger partial charge in [0.1, 0.15) is 5.75 Å². The van der Waals surface area contributed by atoms with Gasteiger partial charge in [-0.25, -0.2) is 8.42 Å². The van der Waals surface area contributed by atoms with Gasteiger partial charge in [0.05, 0.1) is 16.5 Å². The third-order valence-electron chi connectivity index (χ3n) is 3.58. The molecule has 0 radical (unpaired) electrons. The van der Waals surface area contributed by atoms with Gasteiger partial charge in [-0.1, -0.05) is 0 Å². The first-order chi connectivity index (χ1) is 9.48. The SMILES string of the molecule is COc1ccc(S(=O)(=O)N2CCCC(CN)C2)cc1Br. The fraction of sp³-hybridized carbons (Fsp3) is 0.538. The molecule has 5 nitrogen and oxygen atoms in total. The molecule has 2 N–H and O–H groups in total. The molecule has 1 aliphatic heterocycles. The molecule has 2 rings (SSSR count). The smallest absolute Gasteiger partial charge is 0.243 e. The summed E-state index contributed by atoms with van der Waals surface area (Å²) in [7, 11) is -1.91. The molecule has 7 heteroatoms. The van der Waals surface area contributed by atoms with E-state index >= 15 is 0 Å². The summed E-state index contributed by atoms with van der Waals surface area (Å²) in [4.78, 5) is 0.280. The van der Waals surface area contributed by atoms with Crippen LogP contribution in [0.4, 0.5) is 0 Å². The minimum atomic E-state index is -3.46. The van der Waals surface area contributed by atoms with E-state index in [-0.39, 0.29) is 10.8 Å². The molecule has 0 spiro atoms. The van der Waals surface area contributed by atoms with Gasteiger partial charge in [-0.05, 0) is 59.4 Å². The predicted octanol–water partition coefficient (Wildman–Crippen LogP) is 1.82. The maximum absolute atomic E-state index is 12.6. The summed E-state index contributed by atoms with van der Waals surface area (Å²) in [6, 6.07) is 4.81. The summed E-state index contributed by atoms with van der Waals surface area (Å²) in [5.74, 6) is 0.864. The number of halogens is 1. The first-order valence-corrected chi connectivity index (χ1v) is 8.76. The third kappa shape index (κ3) is 3.16. The molecule has 1 aliphatic rings. The zero-order chi connectivity index (χ0) is 14.8. The van der Waals surface area contributed by atoms with Crippen LogP contribution >= 0.6 is 15.9 Å². The van der Waals surface area contributed by atoms with Crippen LogP contribution in [0.25, 0.3) is 0 Å². The number of ether oxygens (including phenoxy) is 1. The summed E-state index contributed by atoms with van der Waals surface area (Å²) >= 11 is 3.32. The molecule has 1 saturated heterocycles. The molecule has 1 heterocycles. The molecule has 0 amide bonds. The van der Waals surface area contributed by atoms with E-state index in [1.165, 1.54) is 4.31 Å². The number of hydrogen-bond acceptors (Lipinski definition) is 4. The van der Waals surface area contributed by atoms with Gasteiger partial charge in [-0.15, -0.1) is 0 Å². The Balaban J connectivity index is 2.28. The summed E-state index contributed by atoms with van der Waals surface area (Å²) in [5, 5.41) is 0. The van der Waals surface area contributed by atoms with Crippen LogP contribution in [0.15, 0.2) is 27.6 Å². The van der Waals surface area contributed by atoms with Crippen molar-refractivity contribution in [1.82, 2.24) is 4.31 Å². The molecule has 1 unspecified atom stereocenters. The predicted molar refractivity (Wildman–Crippen MR) is 81.2 cm³/mol. The van der Waals surface area contributed by atoms with Gasteiger partial charge in [-0.3, -0.25) is 0 Å². The Hall–Kier alpha value is -0.630. The first-order valence-electron chi connectivity index (χ1n) is 6.52. The highest BCUT2D eigenvalue weighted by Gasteiger charge is 2.30. The topological polar surface area (TPSA) is 72.6 Å². The van der Waals surface area contributed by atoms with Crippen molar-refractivity contribution >= 4 is 26.0 Å². The number of methoxy groups -OCH3 is 1. The van der Waals surface area contributed by atoms with Crippen molar-refractivity contribution in [2.24, 2.45) is 11.7 Å². The quantitative estimate of drug-likeness (QED) is 0.886. The van der Waals surface area contributed by atoms with E-state index in [1.54, 1.807) is 25.3 Å². The van der Waals surface area contributed by atoms with Crippen LogP contribution in [-0.4, -0.2) is 39.5 Å². The molecule has 0 saturated carbocycles. The molecule has 1 aromatic rings. The number of sulfonamides is 1. The minimum absolute atomic E-state index is 0.250. The van der Waals surface area contributed by atoms with Crippen molar-refractivity contribution in [3.8, 4) is 5.75 Å². The van der Waals surface area contributed by atoms with Crippen molar-refractivity contribution < 1.29 is 13.2 Å². The van der Waals surface area contributed by atoms with Crippen molar-refractivity contribution in [3.63, 3.8) is 0 Å². The second-order valence-corrected chi connectivity index (χ2v) is 7.70. The highest BCUT2D eigenvalue weighted by Crippen LogP contribution is 2.30. The van der Waals surface area contributed by atoms with Gasteiger partial charge in [0.25, 0.3) is 0 Å². The van der Waals surface area contributed by atoms with E-state index in [9.17, 15) is 8.42 Å². The summed E-state index contributed by atoms with van der Waals surface area (Å²) in [6.07, 6.45) is 1.85. The highest BCUT2D eigenvalue weighted by molar-refractivity contribution is 9.10. The van der Waals surface area contributed by atoms with Crippen LogP contribution in [0.2, 0.25) is 0 Å². The number of benzene rings is 1. The Morgan fingerprint density at radius 3 is 2.85 bits per heavy atom. The Kier molecular flexibility index (Phi) is 5.06. The molecule has 20 heavy (non-hydrogen) atoms. The standard InChI is InChI=1S/C13H19BrN2O3S/c1-19-13-5-4-11(7-12(13)14)20(17,18)16-6-2-3-10(8-15)9-16/h4-5,7,10H,2-3,6,8-9,15H2,1H3. The zero-order valence-corrected chi connectivity index (χ0v) is 13.8. The number of nitrogens with two attached hydrogens (primary N) is 1. The fourth-order valence-electron chi connectivity index (χ4n) is 2.39. The van der Waals surface area contributed by atoms with Crippen molar-refractivity contribution in [2.45, 2.75) is 17.7 Å². The normalized spacial score (nSPS) is 20.9. The highest BCUT2D eigenvalue weighted by atomic mass is 79.9. The van der Waals surface area contributed by atoms with Gasteiger partial charge in [0, 0.05) is 13.1 Å². The molecule has 112 valence electrons. The Bertz CT molecular complexity index is 577. The minimum Gasteiger partial charge on any atom is -0.496 e. The number of piperidine rings is 1. The molecule has 0 aliphatic carbocycles. The molecule has 1 atom stereocenters. The van der Waals surface area contributed by atoms with Gasteiger partial charge in [0.2, 0.25) is 10.0 Å². The average molecular weight is 363 g/mol.